The number of benzene rings is 3. The lowest BCUT2D eigenvalue weighted by Gasteiger charge is -2.18. The van der Waals surface area contributed by atoms with Gasteiger partial charge in [-0.2, -0.15) is 4.31 Å². The summed E-state index contributed by atoms with van der Waals surface area (Å²) >= 11 is 5.25. The van der Waals surface area contributed by atoms with Crippen molar-refractivity contribution in [3.05, 3.63) is 84.4 Å². The molecule has 3 aromatic carbocycles. The van der Waals surface area contributed by atoms with Gasteiger partial charge in [-0.25, -0.2) is 8.42 Å². The SMILES string of the molecule is CCN(CC)S(=O)(=O)c1ccc(NC(=S)NC(=O)c2cccc(OCCOc3ccccc3)c2)cc1. The molecule has 10 heteroatoms. The summed E-state index contributed by atoms with van der Waals surface area (Å²) in [4.78, 5) is 12.8. The maximum atomic E-state index is 12.6. The number of nitrogens with one attached hydrogen (secondary N) is 2. The third kappa shape index (κ3) is 7.51. The summed E-state index contributed by atoms with van der Waals surface area (Å²) in [6, 6.07) is 22.4. The van der Waals surface area contributed by atoms with Crippen LogP contribution in [0.5, 0.6) is 11.5 Å². The van der Waals surface area contributed by atoms with Crippen LogP contribution in [0, 0.1) is 0 Å². The molecule has 0 atom stereocenters. The molecular formula is C26H29N3O5S2. The number of carbonyl (C=O) groups is 1. The van der Waals surface area contributed by atoms with Crippen molar-refractivity contribution in [3.8, 4) is 11.5 Å². The Morgan fingerprint density at radius 2 is 1.47 bits per heavy atom. The first kappa shape index (κ1) is 27.1. The number of rotatable bonds is 11. The number of thiocarbonyl (C=S) groups is 1. The lowest BCUT2D eigenvalue weighted by molar-refractivity contribution is 0.0977. The molecule has 3 rings (SSSR count). The number of nitrogens with zero attached hydrogens (tertiary/aromatic N) is 1. The van der Waals surface area contributed by atoms with Crippen LogP contribution in [-0.2, 0) is 10.0 Å². The highest BCUT2D eigenvalue weighted by Crippen LogP contribution is 2.18. The second kappa shape index (κ2) is 13.0. The Kier molecular flexibility index (Phi) is 9.80. The van der Waals surface area contributed by atoms with Gasteiger partial charge in [-0.3, -0.25) is 10.1 Å². The molecule has 0 aliphatic carbocycles. The Morgan fingerprint density at radius 1 is 0.861 bits per heavy atom. The number of sulfonamides is 1. The van der Waals surface area contributed by atoms with Crippen molar-refractivity contribution >= 4 is 38.9 Å². The molecule has 0 aliphatic rings. The number of hydrogen-bond donors (Lipinski definition) is 2. The normalized spacial score (nSPS) is 11.1. The summed E-state index contributed by atoms with van der Waals surface area (Å²) in [7, 11) is -3.55. The summed E-state index contributed by atoms with van der Waals surface area (Å²) < 4.78 is 37.9. The van der Waals surface area contributed by atoms with Gasteiger partial charge >= 0.3 is 0 Å². The second-order valence-electron chi connectivity index (χ2n) is 7.56. The minimum atomic E-state index is -3.55. The lowest BCUT2D eigenvalue weighted by Crippen LogP contribution is -2.34. The van der Waals surface area contributed by atoms with E-state index in [1.165, 1.54) is 16.4 Å². The Balaban J connectivity index is 1.51. The summed E-state index contributed by atoms with van der Waals surface area (Å²) in [6.07, 6.45) is 0. The van der Waals surface area contributed by atoms with E-state index in [0.29, 0.717) is 43.3 Å². The Morgan fingerprint density at radius 3 is 2.11 bits per heavy atom. The first-order chi connectivity index (χ1) is 17.3. The minimum Gasteiger partial charge on any atom is -0.490 e. The number of ether oxygens (including phenoxy) is 2. The molecule has 0 saturated carbocycles. The zero-order chi connectivity index (χ0) is 26.0. The van der Waals surface area contributed by atoms with Gasteiger partial charge in [0.1, 0.15) is 24.7 Å². The van der Waals surface area contributed by atoms with Crippen LogP contribution in [0.3, 0.4) is 0 Å². The number of para-hydroxylation sites is 1. The Hall–Kier alpha value is -3.47. The van der Waals surface area contributed by atoms with Gasteiger partial charge in [0.25, 0.3) is 5.91 Å². The topological polar surface area (TPSA) is 97.0 Å². The molecule has 3 aromatic rings. The van der Waals surface area contributed by atoms with Crippen LogP contribution in [0.1, 0.15) is 24.2 Å². The summed E-state index contributed by atoms with van der Waals surface area (Å²) in [6.45, 7) is 5.05. The van der Waals surface area contributed by atoms with E-state index >= 15 is 0 Å². The number of amides is 1. The first-order valence-corrected chi connectivity index (χ1v) is 13.3. The largest absolute Gasteiger partial charge is 0.490 e. The average Bonchev–Trinajstić information content (AvgIpc) is 2.88. The average molecular weight is 528 g/mol. The third-order valence-electron chi connectivity index (χ3n) is 5.14. The van der Waals surface area contributed by atoms with Crippen LogP contribution < -0.4 is 20.1 Å². The quantitative estimate of drug-likeness (QED) is 0.283. The highest BCUT2D eigenvalue weighted by molar-refractivity contribution is 7.89. The van der Waals surface area contributed by atoms with Gasteiger partial charge in [0, 0.05) is 24.3 Å². The molecule has 0 aromatic heterocycles. The van der Waals surface area contributed by atoms with Gasteiger partial charge in [0.05, 0.1) is 4.90 Å². The van der Waals surface area contributed by atoms with Crippen LogP contribution in [-0.4, -0.2) is 50.0 Å². The van der Waals surface area contributed by atoms with Gasteiger partial charge in [-0.1, -0.05) is 38.1 Å². The monoisotopic (exact) mass is 527 g/mol. The Labute approximate surface area is 217 Å². The molecule has 0 heterocycles. The van der Waals surface area contributed by atoms with Gasteiger partial charge in [0.2, 0.25) is 10.0 Å². The number of anilines is 1. The van der Waals surface area contributed by atoms with Crippen molar-refractivity contribution in [3.63, 3.8) is 0 Å². The highest BCUT2D eigenvalue weighted by atomic mass is 32.2. The predicted molar refractivity (Wildman–Crippen MR) is 144 cm³/mol. The molecule has 0 saturated heterocycles. The number of hydrogen-bond acceptors (Lipinski definition) is 6. The molecule has 2 N–H and O–H groups in total. The van der Waals surface area contributed by atoms with Crippen molar-refractivity contribution in [2.24, 2.45) is 0 Å². The number of carbonyl (C=O) groups excluding carboxylic acids is 1. The molecule has 1 amide bonds. The molecular weight excluding hydrogens is 498 g/mol. The fourth-order valence-electron chi connectivity index (χ4n) is 3.32. The summed E-state index contributed by atoms with van der Waals surface area (Å²) in [5.74, 6) is 0.887. The zero-order valence-electron chi connectivity index (χ0n) is 20.1. The van der Waals surface area contributed by atoms with Crippen molar-refractivity contribution in [2.45, 2.75) is 18.7 Å². The van der Waals surface area contributed by atoms with Crippen LogP contribution in [0.4, 0.5) is 5.69 Å². The maximum absolute atomic E-state index is 12.6. The van der Waals surface area contributed by atoms with Crippen LogP contribution in [0.25, 0.3) is 0 Å². The molecule has 190 valence electrons. The van der Waals surface area contributed by atoms with Crippen LogP contribution in [0.2, 0.25) is 0 Å². The maximum Gasteiger partial charge on any atom is 0.257 e. The van der Waals surface area contributed by atoms with Crippen molar-refractivity contribution < 1.29 is 22.7 Å². The predicted octanol–water partition coefficient (Wildman–Crippen LogP) is 4.30. The van der Waals surface area contributed by atoms with Crippen LogP contribution >= 0.6 is 12.2 Å². The fraction of sp³-hybridized carbons (Fsp3) is 0.231. The van der Waals surface area contributed by atoms with Gasteiger partial charge in [0.15, 0.2) is 5.11 Å². The first-order valence-electron chi connectivity index (χ1n) is 11.5. The van der Waals surface area contributed by atoms with E-state index in [0.717, 1.165) is 5.75 Å². The van der Waals surface area contributed by atoms with E-state index in [2.05, 4.69) is 10.6 Å². The van der Waals surface area contributed by atoms with E-state index in [9.17, 15) is 13.2 Å². The molecule has 0 radical (unpaired) electrons. The molecule has 36 heavy (non-hydrogen) atoms. The summed E-state index contributed by atoms with van der Waals surface area (Å²) in [5.41, 5.74) is 0.926. The lowest BCUT2D eigenvalue weighted by atomic mass is 10.2. The molecule has 8 nitrogen and oxygen atoms in total. The van der Waals surface area contributed by atoms with E-state index in [1.54, 1.807) is 50.2 Å². The van der Waals surface area contributed by atoms with Crippen molar-refractivity contribution in [1.82, 2.24) is 9.62 Å². The third-order valence-corrected chi connectivity index (χ3v) is 7.41. The fourth-order valence-corrected chi connectivity index (χ4v) is 4.99. The van der Waals surface area contributed by atoms with E-state index in [4.69, 9.17) is 21.7 Å². The van der Waals surface area contributed by atoms with Gasteiger partial charge in [-0.15, -0.1) is 0 Å². The van der Waals surface area contributed by atoms with E-state index in [-0.39, 0.29) is 10.0 Å². The molecule has 0 spiro atoms. The highest BCUT2D eigenvalue weighted by Gasteiger charge is 2.21. The van der Waals surface area contributed by atoms with Crippen LogP contribution in [0.15, 0.2) is 83.8 Å². The Bertz CT molecular complexity index is 1260. The second-order valence-corrected chi connectivity index (χ2v) is 9.91. The standard InChI is InChI=1S/C26H29N3O5S2/c1-3-29(4-2)36(31,32)24-15-13-21(14-16-24)27-26(35)28-25(30)20-9-8-12-23(19-20)34-18-17-33-22-10-6-5-7-11-22/h5-16,19H,3-4,17-18H2,1-2H3,(H2,27,28,30,35). The zero-order valence-corrected chi connectivity index (χ0v) is 21.8. The molecule has 0 fully saturated rings. The van der Waals surface area contributed by atoms with Crippen molar-refractivity contribution in [2.75, 3.05) is 31.6 Å². The van der Waals surface area contributed by atoms with E-state index in [1.807, 2.05) is 30.3 Å². The molecule has 0 bridgehead atoms. The van der Waals surface area contributed by atoms with Gasteiger partial charge < -0.3 is 14.8 Å². The summed E-state index contributed by atoms with van der Waals surface area (Å²) in [5, 5.41) is 5.60. The minimum absolute atomic E-state index is 0.0851. The smallest absolute Gasteiger partial charge is 0.257 e. The molecule has 0 aliphatic heterocycles. The molecule has 0 unspecified atom stereocenters. The van der Waals surface area contributed by atoms with Gasteiger partial charge in [-0.05, 0) is 66.8 Å². The van der Waals surface area contributed by atoms with Crippen molar-refractivity contribution in [1.29, 1.82) is 0 Å². The van der Waals surface area contributed by atoms with E-state index < -0.39 is 15.9 Å².